The number of pyridine rings is 1. The lowest BCUT2D eigenvalue weighted by atomic mass is 10.2. The fraction of sp³-hybridized carbons (Fsp3) is 0.312. The van der Waals surface area contributed by atoms with Crippen molar-refractivity contribution in [1.82, 2.24) is 19.4 Å². The number of aryl methyl sites for hydroxylation is 1. The van der Waals surface area contributed by atoms with Crippen LogP contribution in [-0.2, 0) is 18.3 Å². The molecule has 0 aliphatic heterocycles. The molecule has 3 aromatic heterocycles. The van der Waals surface area contributed by atoms with Crippen LogP contribution >= 0.6 is 11.3 Å². The van der Waals surface area contributed by atoms with E-state index in [4.69, 9.17) is 4.74 Å². The summed E-state index contributed by atoms with van der Waals surface area (Å²) >= 11 is 1.62. The molecule has 1 amide bonds. The monoisotopic (exact) mass is 330 g/mol. The van der Waals surface area contributed by atoms with Crippen molar-refractivity contribution in [2.24, 2.45) is 7.05 Å². The molecule has 0 atom stereocenters. The van der Waals surface area contributed by atoms with Crippen molar-refractivity contribution in [1.29, 1.82) is 0 Å². The molecule has 0 saturated carbocycles. The second-order valence-electron chi connectivity index (χ2n) is 5.27. The molecule has 0 N–H and O–H groups in total. The molecule has 120 valence electrons. The molecule has 3 rings (SSSR count). The Balaban J connectivity index is 1.85. The molecule has 0 aromatic carbocycles. The molecule has 3 aromatic rings. The van der Waals surface area contributed by atoms with Crippen LogP contribution in [0.15, 0.2) is 35.4 Å². The molecule has 0 saturated heterocycles. The van der Waals surface area contributed by atoms with Crippen molar-refractivity contribution in [3.8, 4) is 0 Å². The maximum atomic E-state index is 12.8. The maximum absolute atomic E-state index is 12.8. The topological polar surface area (TPSA) is 60.2 Å². The minimum atomic E-state index is -0.0618. The molecule has 0 fully saturated rings. The van der Waals surface area contributed by atoms with E-state index >= 15 is 0 Å². The van der Waals surface area contributed by atoms with E-state index in [0.29, 0.717) is 25.3 Å². The van der Waals surface area contributed by atoms with Crippen LogP contribution in [0, 0.1) is 0 Å². The number of carbonyl (C=O) groups excluding carboxylic acids is 1. The smallest absolute Gasteiger partial charge is 0.255 e. The molecule has 0 bridgehead atoms. The Labute approximate surface area is 138 Å². The summed E-state index contributed by atoms with van der Waals surface area (Å²) in [5, 5.41) is 4.06. The van der Waals surface area contributed by atoms with Gasteiger partial charge in [-0.2, -0.15) is 11.3 Å². The Kier molecular flexibility index (Phi) is 4.68. The number of carbonyl (C=O) groups is 1. The average Bonchev–Trinajstić information content (AvgIpc) is 3.20. The number of thiophene rings is 1. The molecular weight excluding hydrogens is 312 g/mol. The van der Waals surface area contributed by atoms with Crippen molar-refractivity contribution in [2.45, 2.75) is 6.54 Å². The van der Waals surface area contributed by atoms with Crippen LogP contribution in [0.1, 0.15) is 15.9 Å². The molecule has 6 nitrogen and oxygen atoms in total. The molecule has 0 aliphatic carbocycles. The predicted octanol–water partition coefficient (Wildman–Crippen LogP) is 2.32. The van der Waals surface area contributed by atoms with Gasteiger partial charge in [0.25, 0.3) is 5.91 Å². The van der Waals surface area contributed by atoms with E-state index in [2.05, 4.69) is 9.97 Å². The van der Waals surface area contributed by atoms with Gasteiger partial charge in [-0.25, -0.2) is 9.97 Å². The van der Waals surface area contributed by atoms with Crippen molar-refractivity contribution >= 4 is 28.4 Å². The van der Waals surface area contributed by atoms with Crippen LogP contribution in [-0.4, -0.2) is 45.6 Å². The van der Waals surface area contributed by atoms with Crippen LogP contribution in [0.2, 0.25) is 0 Å². The Bertz CT molecular complexity index is 798. The second kappa shape index (κ2) is 6.89. The maximum Gasteiger partial charge on any atom is 0.255 e. The molecular formula is C16H18N4O2S. The quantitative estimate of drug-likeness (QED) is 0.696. The number of hydrogen-bond acceptors (Lipinski definition) is 5. The van der Waals surface area contributed by atoms with E-state index in [-0.39, 0.29) is 5.91 Å². The summed E-state index contributed by atoms with van der Waals surface area (Å²) in [5.74, 6) is -0.0618. The fourth-order valence-electron chi connectivity index (χ4n) is 2.37. The summed E-state index contributed by atoms with van der Waals surface area (Å²) in [5.41, 5.74) is 3.15. The number of imidazole rings is 1. The molecule has 3 heterocycles. The number of ether oxygens (including phenoxy) is 1. The first-order valence-corrected chi connectivity index (χ1v) is 8.19. The van der Waals surface area contributed by atoms with Gasteiger partial charge in [-0.3, -0.25) is 4.79 Å². The van der Waals surface area contributed by atoms with E-state index in [1.54, 1.807) is 41.9 Å². The Morgan fingerprint density at radius 3 is 3.04 bits per heavy atom. The first-order valence-electron chi connectivity index (χ1n) is 7.25. The van der Waals surface area contributed by atoms with Gasteiger partial charge in [0, 0.05) is 33.4 Å². The van der Waals surface area contributed by atoms with Gasteiger partial charge in [-0.15, -0.1) is 0 Å². The highest BCUT2D eigenvalue weighted by Gasteiger charge is 2.18. The highest BCUT2D eigenvalue weighted by Crippen LogP contribution is 2.15. The Morgan fingerprint density at radius 2 is 2.30 bits per heavy atom. The normalized spacial score (nSPS) is 11.0. The number of aromatic nitrogens is 3. The SMILES string of the molecule is COCCN(Cc1ccsc1)C(=O)c1cnc2c(c1)ncn2C. The van der Waals surface area contributed by atoms with Crippen LogP contribution in [0.5, 0.6) is 0 Å². The van der Waals surface area contributed by atoms with Crippen molar-refractivity contribution in [3.05, 3.63) is 46.5 Å². The number of fused-ring (bicyclic) bond motifs is 1. The lowest BCUT2D eigenvalue weighted by Gasteiger charge is -2.22. The van der Waals surface area contributed by atoms with Crippen LogP contribution in [0.25, 0.3) is 11.2 Å². The van der Waals surface area contributed by atoms with Gasteiger partial charge in [0.05, 0.1) is 18.5 Å². The zero-order valence-corrected chi connectivity index (χ0v) is 13.9. The summed E-state index contributed by atoms with van der Waals surface area (Å²) in [6.07, 6.45) is 3.31. The lowest BCUT2D eigenvalue weighted by Crippen LogP contribution is -2.33. The lowest BCUT2D eigenvalue weighted by molar-refractivity contribution is 0.0680. The largest absolute Gasteiger partial charge is 0.383 e. The standard InChI is InChI=1S/C16H18N4O2S/c1-19-11-18-14-7-13(8-17-15(14)19)16(21)20(4-5-22-2)9-12-3-6-23-10-12/h3,6-8,10-11H,4-5,9H2,1-2H3. The van der Waals surface area contributed by atoms with Crippen LogP contribution < -0.4 is 0 Å². The molecule has 0 unspecified atom stereocenters. The summed E-state index contributed by atoms with van der Waals surface area (Å²) in [4.78, 5) is 23.2. The molecule has 0 aliphatic rings. The third kappa shape index (κ3) is 3.40. The summed E-state index contributed by atoms with van der Waals surface area (Å²) in [6, 6.07) is 3.82. The average molecular weight is 330 g/mol. The van der Waals surface area contributed by atoms with E-state index in [1.807, 2.05) is 28.4 Å². The van der Waals surface area contributed by atoms with Gasteiger partial charge in [-0.05, 0) is 28.5 Å². The first kappa shape index (κ1) is 15.6. The molecule has 0 spiro atoms. The Hall–Kier alpha value is -2.25. The van der Waals surface area contributed by atoms with E-state index in [0.717, 1.165) is 16.7 Å². The minimum absolute atomic E-state index is 0.0618. The molecule has 0 radical (unpaired) electrons. The highest BCUT2D eigenvalue weighted by atomic mass is 32.1. The summed E-state index contributed by atoms with van der Waals surface area (Å²) < 4.78 is 6.96. The van der Waals surface area contributed by atoms with Gasteiger partial charge in [-0.1, -0.05) is 0 Å². The predicted molar refractivity (Wildman–Crippen MR) is 89.4 cm³/mol. The third-order valence-electron chi connectivity index (χ3n) is 3.60. The first-order chi connectivity index (χ1) is 11.2. The summed E-state index contributed by atoms with van der Waals surface area (Å²) in [7, 11) is 3.51. The van der Waals surface area contributed by atoms with Gasteiger partial charge >= 0.3 is 0 Å². The van der Waals surface area contributed by atoms with Crippen molar-refractivity contribution < 1.29 is 9.53 Å². The van der Waals surface area contributed by atoms with Gasteiger partial charge in [0.1, 0.15) is 5.52 Å². The summed E-state index contributed by atoms with van der Waals surface area (Å²) in [6.45, 7) is 1.59. The number of rotatable bonds is 6. The zero-order valence-electron chi connectivity index (χ0n) is 13.1. The van der Waals surface area contributed by atoms with Crippen molar-refractivity contribution in [3.63, 3.8) is 0 Å². The fourth-order valence-corrected chi connectivity index (χ4v) is 3.03. The number of nitrogens with zero attached hydrogens (tertiary/aromatic N) is 4. The van der Waals surface area contributed by atoms with Crippen molar-refractivity contribution in [2.75, 3.05) is 20.3 Å². The minimum Gasteiger partial charge on any atom is -0.383 e. The van der Waals surface area contributed by atoms with Gasteiger partial charge in [0.2, 0.25) is 0 Å². The van der Waals surface area contributed by atoms with E-state index in [9.17, 15) is 4.79 Å². The highest BCUT2D eigenvalue weighted by molar-refractivity contribution is 7.07. The van der Waals surface area contributed by atoms with E-state index < -0.39 is 0 Å². The van der Waals surface area contributed by atoms with Gasteiger partial charge in [0.15, 0.2) is 5.65 Å². The third-order valence-corrected chi connectivity index (χ3v) is 4.34. The number of methoxy groups -OCH3 is 1. The zero-order chi connectivity index (χ0) is 16.2. The Morgan fingerprint density at radius 1 is 1.43 bits per heavy atom. The van der Waals surface area contributed by atoms with Gasteiger partial charge < -0.3 is 14.2 Å². The molecule has 7 heteroatoms. The van der Waals surface area contributed by atoms with Crippen LogP contribution in [0.4, 0.5) is 0 Å². The second-order valence-corrected chi connectivity index (χ2v) is 6.05. The number of hydrogen-bond donors (Lipinski definition) is 0. The number of amides is 1. The van der Waals surface area contributed by atoms with Crippen LogP contribution in [0.3, 0.4) is 0 Å². The van der Waals surface area contributed by atoms with E-state index in [1.165, 1.54) is 0 Å². The molecule has 23 heavy (non-hydrogen) atoms.